The van der Waals surface area contributed by atoms with Crippen LogP contribution in [-0.2, 0) is 9.53 Å². The van der Waals surface area contributed by atoms with E-state index in [9.17, 15) is 19.7 Å². The molecule has 1 aliphatic rings. The van der Waals surface area contributed by atoms with Gasteiger partial charge in [0.2, 0.25) is 5.75 Å². The summed E-state index contributed by atoms with van der Waals surface area (Å²) in [5.74, 6) is -0.450. The van der Waals surface area contributed by atoms with Crippen molar-refractivity contribution < 1.29 is 28.7 Å². The number of methoxy groups -OCH3 is 1. The second-order valence-electron chi connectivity index (χ2n) is 6.92. The highest BCUT2D eigenvalue weighted by Gasteiger charge is 2.35. The molecule has 0 fully saturated rings. The molecule has 0 saturated heterocycles. The van der Waals surface area contributed by atoms with Crippen molar-refractivity contribution in [1.82, 2.24) is 10.6 Å². The van der Waals surface area contributed by atoms with Gasteiger partial charge in [0, 0.05) is 11.8 Å². The third kappa shape index (κ3) is 5.65. The summed E-state index contributed by atoms with van der Waals surface area (Å²) in [5, 5.41) is 17.1. The van der Waals surface area contributed by atoms with Gasteiger partial charge in [0.15, 0.2) is 5.75 Å². The number of nitro groups is 1. The fourth-order valence-electron chi connectivity index (χ4n) is 3.28. The molecule has 1 unspecified atom stereocenters. The lowest BCUT2D eigenvalue weighted by molar-refractivity contribution is -0.386. The van der Waals surface area contributed by atoms with Crippen LogP contribution >= 0.6 is 0 Å². The van der Waals surface area contributed by atoms with E-state index >= 15 is 0 Å². The molecule has 1 aliphatic heterocycles. The van der Waals surface area contributed by atoms with Crippen LogP contribution in [0.15, 0.2) is 23.4 Å². The van der Waals surface area contributed by atoms with Gasteiger partial charge in [0.05, 0.1) is 36.9 Å². The second-order valence-corrected chi connectivity index (χ2v) is 6.92. The molecular weight excluding hydrogens is 406 g/mol. The van der Waals surface area contributed by atoms with Gasteiger partial charge in [-0.2, -0.15) is 0 Å². The normalized spacial score (nSPS) is 15.7. The number of allylic oxidation sites excluding steroid dienone is 1. The maximum absolute atomic E-state index is 12.8. The average Bonchev–Trinajstić information content (AvgIpc) is 2.75. The number of urea groups is 1. The first-order chi connectivity index (χ1) is 14.9. The minimum Gasteiger partial charge on any atom is -0.493 e. The fraction of sp³-hybridized carbons (Fsp3) is 0.524. The van der Waals surface area contributed by atoms with E-state index in [4.69, 9.17) is 14.2 Å². The zero-order chi connectivity index (χ0) is 23.0. The predicted molar refractivity (Wildman–Crippen MR) is 113 cm³/mol. The minimum absolute atomic E-state index is 0.00577. The number of unbranched alkanes of at least 4 members (excludes halogenated alkanes) is 1. The lowest BCUT2D eigenvalue weighted by atomic mass is 9.92. The molecule has 1 aromatic rings. The molecule has 0 spiro atoms. The van der Waals surface area contributed by atoms with Crippen LogP contribution in [0.4, 0.5) is 10.5 Å². The van der Waals surface area contributed by atoms with Crippen LogP contribution < -0.4 is 20.1 Å². The summed E-state index contributed by atoms with van der Waals surface area (Å²) < 4.78 is 16.1. The van der Waals surface area contributed by atoms with Crippen LogP contribution in [0, 0.1) is 10.1 Å². The Morgan fingerprint density at radius 3 is 2.55 bits per heavy atom. The van der Waals surface area contributed by atoms with E-state index < -0.39 is 23.0 Å². The number of benzene rings is 1. The van der Waals surface area contributed by atoms with Crippen LogP contribution in [0.5, 0.6) is 11.5 Å². The number of carbonyl (C=O) groups is 2. The van der Waals surface area contributed by atoms with Crippen molar-refractivity contribution in [2.75, 3.05) is 20.3 Å². The van der Waals surface area contributed by atoms with Gasteiger partial charge in [-0.05, 0) is 37.8 Å². The molecule has 10 heteroatoms. The molecule has 10 nitrogen and oxygen atoms in total. The molecule has 0 bridgehead atoms. The lowest BCUT2D eigenvalue weighted by Crippen LogP contribution is -2.46. The van der Waals surface area contributed by atoms with Crippen LogP contribution in [0.1, 0.15) is 58.1 Å². The molecule has 2 rings (SSSR count). The van der Waals surface area contributed by atoms with Gasteiger partial charge in [0.25, 0.3) is 0 Å². The smallest absolute Gasteiger partial charge is 0.338 e. The standard InChI is InChI=1S/C21H29N3O7/c1-5-8-9-14-17(20(25)30-7-3)18(23-21(26)22-14)13-11-15(24(27)28)19(31-10-6-2)16(12-13)29-4/h11-12,18H,5-10H2,1-4H3,(H2,22,23,26). The number of esters is 1. The van der Waals surface area contributed by atoms with E-state index in [0.717, 1.165) is 12.8 Å². The van der Waals surface area contributed by atoms with Crippen LogP contribution in [-0.4, -0.2) is 37.2 Å². The van der Waals surface area contributed by atoms with Crippen molar-refractivity contribution in [1.29, 1.82) is 0 Å². The molecule has 170 valence electrons. The molecule has 1 atom stereocenters. The number of rotatable bonds is 11. The Kier molecular flexibility index (Phi) is 8.65. The maximum atomic E-state index is 12.8. The topological polar surface area (TPSA) is 129 Å². The summed E-state index contributed by atoms with van der Waals surface area (Å²) >= 11 is 0. The zero-order valence-electron chi connectivity index (χ0n) is 18.3. The van der Waals surface area contributed by atoms with Crippen molar-refractivity contribution in [2.45, 2.75) is 52.5 Å². The number of ether oxygens (including phenoxy) is 3. The van der Waals surface area contributed by atoms with Crippen LogP contribution in [0.3, 0.4) is 0 Å². The first-order valence-electron chi connectivity index (χ1n) is 10.3. The lowest BCUT2D eigenvalue weighted by Gasteiger charge is -2.29. The van der Waals surface area contributed by atoms with E-state index in [1.165, 1.54) is 19.2 Å². The molecule has 1 heterocycles. The molecule has 0 radical (unpaired) electrons. The molecule has 31 heavy (non-hydrogen) atoms. The Bertz CT molecular complexity index is 867. The van der Waals surface area contributed by atoms with E-state index in [0.29, 0.717) is 24.1 Å². The third-order valence-electron chi connectivity index (χ3n) is 4.69. The van der Waals surface area contributed by atoms with Gasteiger partial charge < -0.3 is 24.8 Å². The van der Waals surface area contributed by atoms with Crippen molar-refractivity contribution in [3.05, 3.63) is 39.1 Å². The summed E-state index contributed by atoms with van der Waals surface area (Å²) in [4.78, 5) is 36.3. The van der Waals surface area contributed by atoms with Gasteiger partial charge in [-0.1, -0.05) is 20.3 Å². The highest BCUT2D eigenvalue weighted by Crippen LogP contribution is 2.42. The van der Waals surface area contributed by atoms with Gasteiger partial charge >= 0.3 is 17.7 Å². The van der Waals surface area contributed by atoms with E-state index in [1.54, 1.807) is 6.92 Å². The maximum Gasteiger partial charge on any atom is 0.338 e. The first kappa shape index (κ1) is 24.0. The Hall–Kier alpha value is -3.30. The Balaban J connectivity index is 2.66. The largest absolute Gasteiger partial charge is 0.493 e. The molecule has 0 aromatic heterocycles. The quantitative estimate of drug-likeness (QED) is 0.308. The van der Waals surface area contributed by atoms with E-state index in [1.807, 2.05) is 13.8 Å². The number of nitro benzene ring substituents is 1. The van der Waals surface area contributed by atoms with Crippen molar-refractivity contribution >= 4 is 17.7 Å². The number of amides is 2. The van der Waals surface area contributed by atoms with Crippen molar-refractivity contribution in [3.8, 4) is 11.5 Å². The van der Waals surface area contributed by atoms with Gasteiger partial charge in [-0.3, -0.25) is 10.1 Å². The van der Waals surface area contributed by atoms with Crippen LogP contribution in [0.2, 0.25) is 0 Å². The Morgan fingerprint density at radius 2 is 1.97 bits per heavy atom. The van der Waals surface area contributed by atoms with E-state index in [-0.39, 0.29) is 36.0 Å². The predicted octanol–water partition coefficient (Wildman–Crippen LogP) is 3.75. The van der Waals surface area contributed by atoms with Gasteiger partial charge in [0.1, 0.15) is 0 Å². The molecule has 0 aliphatic carbocycles. The zero-order valence-corrected chi connectivity index (χ0v) is 18.3. The van der Waals surface area contributed by atoms with Gasteiger partial charge in [-0.25, -0.2) is 9.59 Å². The van der Waals surface area contributed by atoms with Crippen LogP contribution in [0.25, 0.3) is 0 Å². The Morgan fingerprint density at radius 1 is 1.23 bits per heavy atom. The first-order valence-corrected chi connectivity index (χ1v) is 10.3. The Labute approximate surface area is 181 Å². The highest BCUT2D eigenvalue weighted by molar-refractivity contribution is 5.95. The molecule has 1 aromatic carbocycles. The van der Waals surface area contributed by atoms with Crippen molar-refractivity contribution in [2.24, 2.45) is 0 Å². The summed E-state index contributed by atoms with van der Waals surface area (Å²) in [6, 6.07) is 1.38. The number of hydrogen-bond donors (Lipinski definition) is 2. The summed E-state index contributed by atoms with van der Waals surface area (Å²) in [5.41, 5.74) is 0.670. The molecular formula is C21H29N3O7. The minimum atomic E-state index is -0.938. The highest BCUT2D eigenvalue weighted by atomic mass is 16.6. The van der Waals surface area contributed by atoms with Gasteiger partial charge in [-0.15, -0.1) is 0 Å². The molecule has 0 saturated carbocycles. The summed E-state index contributed by atoms with van der Waals surface area (Å²) in [6.07, 6.45) is 2.73. The number of nitrogens with zero attached hydrogens (tertiary/aromatic N) is 1. The molecule has 2 N–H and O–H groups in total. The second kappa shape index (κ2) is 11.2. The SMILES string of the molecule is CCCCC1=C(C(=O)OCC)C(c2cc(OC)c(OCCC)c([N+](=O)[O-])c2)NC(=O)N1. The molecule has 2 amide bonds. The van der Waals surface area contributed by atoms with Crippen molar-refractivity contribution in [3.63, 3.8) is 0 Å². The number of nitrogens with one attached hydrogen (secondary N) is 2. The number of hydrogen-bond acceptors (Lipinski definition) is 7. The average molecular weight is 435 g/mol. The fourth-order valence-corrected chi connectivity index (χ4v) is 3.28. The number of carbonyl (C=O) groups excluding carboxylic acids is 2. The monoisotopic (exact) mass is 435 g/mol. The summed E-state index contributed by atoms with van der Waals surface area (Å²) in [7, 11) is 1.37. The summed E-state index contributed by atoms with van der Waals surface area (Å²) in [6.45, 7) is 5.98. The van der Waals surface area contributed by atoms with E-state index in [2.05, 4.69) is 10.6 Å². The third-order valence-corrected chi connectivity index (χ3v) is 4.69.